The van der Waals surface area contributed by atoms with Crippen LogP contribution in [0.25, 0.3) is 0 Å². The number of carbonyl (C=O) groups excluding carboxylic acids is 1. The Kier molecular flexibility index (Phi) is 3.82. The van der Waals surface area contributed by atoms with Gasteiger partial charge in [0.15, 0.2) is 0 Å². The predicted molar refractivity (Wildman–Crippen MR) is 72.2 cm³/mol. The lowest BCUT2D eigenvalue weighted by Gasteiger charge is -2.40. The Labute approximate surface area is 112 Å². The Morgan fingerprint density at radius 1 is 1.67 bits per heavy atom. The van der Waals surface area contributed by atoms with Crippen LogP contribution in [0.2, 0.25) is 0 Å². The predicted octanol–water partition coefficient (Wildman–Crippen LogP) is 2.39. The largest absolute Gasteiger partial charge is 0.372 e. The van der Waals surface area contributed by atoms with E-state index in [1.54, 1.807) is 18.3 Å². The van der Waals surface area contributed by atoms with Gasteiger partial charge in [0.05, 0.1) is 17.8 Å². The maximum Gasteiger partial charge on any atom is 0.257 e. The topological polar surface area (TPSA) is 45.3 Å². The molecule has 0 unspecified atom stereocenters. The lowest BCUT2D eigenvalue weighted by atomic mass is 10.0. The molecule has 1 aromatic rings. The first-order valence-corrected chi connectivity index (χ1v) is 6.57. The molecule has 0 aromatic carbocycles. The van der Waals surface area contributed by atoms with E-state index in [4.69, 9.17) is 17.0 Å². The van der Waals surface area contributed by atoms with Gasteiger partial charge < -0.3 is 14.6 Å². The Hall–Kier alpha value is -1.20. The first-order valence-electron chi connectivity index (χ1n) is 6.17. The highest BCUT2D eigenvalue weighted by atomic mass is 32.1. The van der Waals surface area contributed by atoms with Crippen LogP contribution in [0.1, 0.15) is 30.6 Å². The van der Waals surface area contributed by atoms with Gasteiger partial charge in [0.25, 0.3) is 5.91 Å². The van der Waals surface area contributed by atoms with Gasteiger partial charge in [-0.05, 0) is 25.5 Å². The zero-order valence-electron chi connectivity index (χ0n) is 10.7. The highest BCUT2D eigenvalue weighted by molar-refractivity contribution is 7.71. The molecule has 0 saturated carbocycles. The van der Waals surface area contributed by atoms with Gasteiger partial charge in [0, 0.05) is 19.3 Å². The minimum absolute atomic E-state index is 0.0141. The van der Waals surface area contributed by atoms with Gasteiger partial charge in [-0.25, -0.2) is 0 Å². The first-order chi connectivity index (χ1) is 8.56. The molecule has 1 aliphatic heterocycles. The van der Waals surface area contributed by atoms with Crippen LogP contribution in [-0.4, -0.2) is 41.1 Å². The molecule has 1 saturated heterocycles. The smallest absolute Gasteiger partial charge is 0.257 e. The molecule has 1 aromatic heterocycles. The van der Waals surface area contributed by atoms with Crippen molar-refractivity contribution >= 4 is 18.1 Å². The molecular formula is C13H18N2O2S. The van der Waals surface area contributed by atoms with Crippen molar-refractivity contribution in [2.24, 2.45) is 0 Å². The lowest BCUT2D eigenvalue weighted by molar-refractivity contribution is -0.0897. The second-order valence-corrected chi connectivity index (χ2v) is 5.20. The van der Waals surface area contributed by atoms with E-state index in [1.807, 2.05) is 11.8 Å². The summed E-state index contributed by atoms with van der Waals surface area (Å²) in [5, 5.41) is 0. The summed E-state index contributed by atoms with van der Waals surface area (Å²) in [6.07, 6.45) is 2.62. The maximum atomic E-state index is 12.4. The number of carbonyl (C=O) groups is 1. The summed E-state index contributed by atoms with van der Waals surface area (Å²) in [6, 6.07) is 3.56. The lowest BCUT2D eigenvalue weighted by Crippen LogP contribution is -2.51. The van der Waals surface area contributed by atoms with E-state index in [9.17, 15) is 4.79 Å². The van der Waals surface area contributed by atoms with Crippen molar-refractivity contribution in [3.8, 4) is 0 Å². The van der Waals surface area contributed by atoms with Gasteiger partial charge in [0.2, 0.25) is 0 Å². The zero-order chi connectivity index (χ0) is 13.2. The molecule has 98 valence electrons. The van der Waals surface area contributed by atoms with Crippen LogP contribution in [-0.2, 0) is 4.74 Å². The second kappa shape index (κ2) is 5.20. The quantitative estimate of drug-likeness (QED) is 0.836. The molecule has 1 fully saturated rings. The average Bonchev–Trinajstić information content (AvgIpc) is 2.39. The van der Waals surface area contributed by atoms with E-state index in [0.29, 0.717) is 29.9 Å². The van der Waals surface area contributed by atoms with Crippen molar-refractivity contribution in [1.29, 1.82) is 0 Å². The third kappa shape index (κ3) is 2.62. The van der Waals surface area contributed by atoms with Crippen molar-refractivity contribution in [2.45, 2.75) is 25.9 Å². The molecule has 18 heavy (non-hydrogen) atoms. The SMILES string of the molecule is CC[C@@]1(C)CN(C(=O)c2ccc[nH]c2=S)CCO1. The summed E-state index contributed by atoms with van der Waals surface area (Å²) in [5.41, 5.74) is 0.321. The number of rotatable bonds is 2. The van der Waals surface area contributed by atoms with E-state index >= 15 is 0 Å². The van der Waals surface area contributed by atoms with E-state index in [-0.39, 0.29) is 11.5 Å². The number of amides is 1. The van der Waals surface area contributed by atoms with E-state index in [0.717, 1.165) is 6.42 Å². The standard InChI is InChI=1S/C13H18N2O2S/c1-3-13(2)9-15(7-8-17-13)12(16)10-5-4-6-14-11(10)18/h4-6H,3,7-9H2,1-2H3,(H,14,18)/t13-/m0/s1. The number of pyridine rings is 1. The number of hydrogen-bond donors (Lipinski definition) is 1. The summed E-state index contributed by atoms with van der Waals surface area (Å²) >= 11 is 5.15. The molecule has 0 spiro atoms. The molecular weight excluding hydrogens is 248 g/mol. The second-order valence-electron chi connectivity index (χ2n) is 4.79. The summed E-state index contributed by atoms with van der Waals surface area (Å²) in [7, 11) is 0. The molecule has 2 rings (SSSR count). The molecule has 1 N–H and O–H groups in total. The van der Waals surface area contributed by atoms with Crippen LogP contribution in [0.15, 0.2) is 18.3 Å². The van der Waals surface area contributed by atoms with Crippen molar-refractivity contribution < 1.29 is 9.53 Å². The monoisotopic (exact) mass is 266 g/mol. The number of aromatic nitrogens is 1. The van der Waals surface area contributed by atoms with Crippen LogP contribution >= 0.6 is 12.2 Å². The Bertz CT molecular complexity index is 500. The van der Waals surface area contributed by atoms with Gasteiger partial charge in [-0.2, -0.15) is 0 Å². The summed E-state index contributed by atoms with van der Waals surface area (Å²) in [4.78, 5) is 17.1. The Balaban J connectivity index is 2.20. The van der Waals surface area contributed by atoms with Gasteiger partial charge in [-0.3, -0.25) is 4.79 Å². The maximum absolute atomic E-state index is 12.4. The fourth-order valence-corrected chi connectivity index (χ4v) is 2.30. The first kappa shape index (κ1) is 13.2. The normalized spacial score (nSPS) is 24.0. The average molecular weight is 266 g/mol. The molecule has 2 heterocycles. The van der Waals surface area contributed by atoms with Gasteiger partial charge in [0.1, 0.15) is 4.64 Å². The zero-order valence-corrected chi connectivity index (χ0v) is 11.5. The number of morpholine rings is 1. The molecule has 0 bridgehead atoms. The molecule has 1 atom stereocenters. The number of nitrogens with zero attached hydrogens (tertiary/aromatic N) is 1. The summed E-state index contributed by atoms with van der Waals surface area (Å²) in [6.45, 7) is 5.93. The van der Waals surface area contributed by atoms with Crippen molar-refractivity contribution in [2.75, 3.05) is 19.7 Å². The van der Waals surface area contributed by atoms with Gasteiger partial charge in [-0.15, -0.1) is 0 Å². The molecule has 0 radical (unpaired) electrons. The van der Waals surface area contributed by atoms with Crippen LogP contribution < -0.4 is 0 Å². The number of aromatic amines is 1. The minimum atomic E-state index is -0.242. The number of ether oxygens (including phenoxy) is 1. The van der Waals surface area contributed by atoms with Gasteiger partial charge >= 0.3 is 0 Å². The van der Waals surface area contributed by atoms with E-state index < -0.39 is 0 Å². The molecule has 1 aliphatic rings. The van der Waals surface area contributed by atoms with Crippen molar-refractivity contribution in [1.82, 2.24) is 9.88 Å². The number of H-pyrrole nitrogens is 1. The third-order valence-electron chi connectivity index (χ3n) is 3.42. The minimum Gasteiger partial charge on any atom is -0.372 e. The molecule has 1 amide bonds. The Morgan fingerprint density at radius 2 is 2.44 bits per heavy atom. The van der Waals surface area contributed by atoms with Gasteiger partial charge in [-0.1, -0.05) is 19.1 Å². The fraction of sp³-hybridized carbons (Fsp3) is 0.538. The van der Waals surface area contributed by atoms with Crippen molar-refractivity contribution in [3.63, 3.8) is 0 Å². The molecule has 0 aliphatic carbocycles. The number of nitrogens with one attached hydrogen (secondary N) is 1. The molecule has 4 nitrogen and oxygen atoms in total. The van der Waals surface area contributed by atoms with E-state index in [1.165, 1.54) is 0 Å². The summed E-state index contributed by atoms with van der Waals surface area (Å²) < 4.78 is 6.23. The van der Waals surface area contributed by atoms with Crippen LogP contribution in [0, 0.1) is 4.64 Å². The highest BCUT2D eigenvalue weighted by Crippen LogP contribution is 2.22. The van der Waals surface area contributed by atoms with Crippen molar-refractivity contribution in [3.05, 3.63) is 28.5 Å². The number of hydrogen-bond acceptors (Lipinski definition) is 3. The van der Waals surface area contributed by atoms with Crippen LogP contribution in [0.4, 0.5) is 0 Å². The van der Waals surface area contributed by atoms with Crippen LogP contribution in [0.3, 0.4) is 0 Å². The van der Waals surface area contributed by atoms with E-state index in [2.05, 4.69) is 11.9 Å². The highest BCUT2D eigenvalue weighted by Gasteiger charge is 2.33. The summed E-state index contributed by atoms with van der Waals surface area (Å²) in [5.74, 6) is -0.0141. The van der Waals surface area contributed by atoms with Crippen LogP contribution in [0.5, 0.6) is 0 Å². The third-order valence-corrected chi connectivity index (χ3v) is 3.76. The Morgan fingerprint density at radius 3 is 3.11 bits per heavy atom. The fourth-order valence-electron chi connectivity index (χ4n) is 2.08. The molecule has 5 heteroatoms.